The molecule has 0 saturated carbocycles. The number of esters is 1. The standard InChI is InChI=1S/C13H13N7O2S/c1-8-9(23-11(19-8)10-17-7-18-20-10)12(21)22-6-5-16-13-14-3-2-4-15-13/h2-4,7H,5-6H2,1H3,(H,14,15,16)(H,17,18,20). The van der Waals surface area contributed by atoms with Gasteiger partial charge in [0, 0.05) is 12.4 Å². The largest absolute Gasteiger partial charge is 0.460 e. The van der Waals surface area contributed by atoms with E-state index in [1.165, 1.54) is 17.7 Å². The lowest BCUT2D eigenvalue weighted by Gasteiger charge is -2.05. The van der Waals surface area contributed by atoms with Gasteiger partial charge in [-0.1, -0.05) is 0 Å². The van der Waals surface area contributed by atoms with E-state index in [0.717, 1.165) is 0 Å². The molecule has 0 amide bonds. The van der Waals surface area contributed by atoms with Gasteiger partial charge in [-0.05, 0) is 13.0 Å². The zero-order chi connectivity index (χ0) is 16.1. The molecule has 0 aliphatic rings. The number of hydrogen-bond donors (Lipinski definition) is 2. The van der Waals surface area contributed by atoms with E-state index in [-0.39, 0.29) is 6.61 Å². The number of aryl methyl sites for hydroxylation is 1. The second-order valence-corrected chi connectivity index (χ2v) is 5.40. The van der Waals surface area contributed by atoms with Crippen molar-refractivity contribution in [2.24, 2.45) is 0 Å². The summed E-state index contributed by atoms with van der Waals surface area (Å²) in [6.45, 7) is 2.37. The van der Waals surface area contributed by atoms with Gasteiger partial charge in [-0.25, -0.2) is 24.7 Å². The highest BCUT2D eigenvalue weighted by atomic mass is 32.1. The van der Waals surface area contributed by atoms with Crippen LogP contribution in [0, 0.1) is 6.92 Å². The molecule has 0 atom stereocenters. The summed E-state index contributed by atoms with van der Waals surface area (Å²) in [5, 5.41) is 10.0. The Morgan fingerprint density at radius 1 is 1.35 bits per heavy atom. The molecule has 0 bridgehead atoms. The van der Waals surface area contributed by atoms with Crippen LogP contribution in [-0.4, -0.2) is 49.3 Å². The minimum Gasteiger partial charge on any atom is -0.460 e. The predicted octanol–water partition coefficient (Wildman–Crippen LogP) is 1.30. The van der Waals surface area contributed by atoms with E-state index in [1.807, 2.05) is 0 Å². The Bertz CT molecular complexity index is 773. The average molecular weight is 331 g/mol. The molecule has 0 spiro atoms. The Kier molecular flexibility index (Phi) is 4.52. The number of aromatic amines is 1. The molecule has 0 fully saturated rings. The molecule has 23 heavy (non-hydrogen) atoms. The van der Waals surface area contributed by atoms with Crippen LogP contribution in [0.2, 0.25) is 0 Å². The van der Waals surface area contributed by atoms with Crippen LogP contribution in [0.5, 0.6) is 0 Å². The lowest BCUT2D eigenvalue weighted by molar-refractivity contribution is 0.0525. The van der Waals surface area contributed by atoms with E-state index in [1.54, 1.807) is 25.4 Å². The predicted molar refractivity (Wildman–Crippen MR) is 83.0 cm³/mol. The maximum atomic E-state index is 12.1. The van der Waals surface area contributed by atoms with Crippen molar-refractivity contribution >= 4 is 23.3 Å². The number of ether oxygens (including phenoxy) is 1. The first-order chi connectivity index (χ1) is 11.2. The highest BCUT2D eigenvalue weighted by molar-refractivity contribution is 7.16. The Hall–Kier alpha value is -2.88. The smallest absolute Gasteiger partial charge is 0.350 e. The molecular formula is C13H13N7O2S. The van der Waals surface area contributed by atoms with Gasteiger partial charge < -0.3 is 10.1 Å². The molecule has 10 heteroatoms. The van der Waals surface area contributed by atoms with Gasteiger partial charge in [0.05, 0.1) is 12.2 Å². The average Bonchev–Trinajstić information content (AvgIpc) is 3.21. The first-order valence-electron chi connectivity index (χ1n) is 6.75. The minimum atomic E-state index is -0.415. The van der Waals surface area contributed by atoms with E-state index < -0.39 is 5.97 Å². The summed E-state index contributed by atoms with van der Waals surface area (Å²) in [6.07, 6.45) is 4.65. The van der Waals surface area contributed by atoms with Crippen molar-refractivity contribution in [2.75, 3.05) is 18.5 Å². The molecule has 9 nitrogen and oxygen atoms in total. The molecule has 3 aromatic rings. The topological polar surface area (TPSA) is 119 Å². The van der Waals surface area contributed by atoms with Crippen LogP contribution >= 0.6 is 11.3 Å². The number of anilines is 1. The molecule has 3 aromatic heterocycles. The van der Waals surface area contributed by atoms with Gasteiger partial charge in [-0.3, -0.25) is 5.10 Å². The molecule has 2 N–H and O–H groups in total. The van der Waals surface area contributed by atoms with Crippen molar-refractivity contribution in [2.45, 2.75) is 6.92 Å². The maximum absolute atomic E-state index is 12.1. The fraction of sp³-hybridized carbons (Fsp3) is 0.231. The quantitative estimate of drug-likeness (QED) is 0.512. The Balaban J connectivity index is 1.54. The second kappa shape index (κ2) is 6.92. The number of thiazole rings is 1. The summed E-state index contributed by atoms with van der Waals surface area (Å²) in [5.74, 6) is 0.603. The van der Waals surface area contributed by atoms with E-state index in [9.17, 15) is 4.79 Å². The number of H-pyrrole nitrogens is 1. The summed E-state index contributed by atoms with van der Waals surface area (Å²) in [6, 6.07) is 1.73. The third-order valence-electron chi connectivity index (χ3n) is 2.78. The molecule has 0 saturated heterocycles. The van der Waals surface area contributed by atoms with E-state index >= 15 is 0 Å². The number of rotatable bonds is 6. The van der Waals surface area contributed by atoms with Crippen LogP contribution in [0.15, 0.2) is 24.8 Å². The molecule has 0 unspecified atom stereocenters. The van der Waals surface area contributed by atoms with Crippen LogP contribution in [0.1, 0.15) is 15.4 Å². The highest BCUT2D eigenvalue weighted by Crippen LogP contribution is 2.25. The van der Waals surface area contributed by atoms with Crippen LogP contribution in [0.4, 0.5) is 5.95 Å². The van der Waals surface area contributed by atoms with Crippen LogP contribution < -0.4 is 5.32 Å². The molecule has 3 rings (SSSR count). The Morgan fingerprint density at radius 3 is 2.91 bits per heavy atom. The molecule has 0 aromatic carbocycles. The van der Waals surface area contributed by atoms with Gasteiger partial charge in [0.15, 0.2) is 10.8 Å². The zero-order valence-electron chi connectivity index (χ0n) is 12.2. The van der Waals surface area contributed by atoms with Crippen LogP contribution in [0.25, 0.3) is 10.8 Å². The fourth-order valence-corrected chi connectivity index (χ4v) is 2.66. The molecule has 118 valence electrons. The summed E-state index contributed by atoms with van der Waals surface area (Å²) in [7, 11) is 0. The van der Waals surface area contributed by atoms with Gasteiger partial charge in [0.2, 0.25) is 5.95 Å². The van der Waals surface area contributed by atoms with E-state index in [0.29, 0.717) is 33.9 Å². The van der Waals surface area contributed by atoms with E-state index in [2.05, 4.69) is 35.5 Å². The van der Waals surface area contributed by atoms with Crippen LogP contribution in [-0.2, 0) is 4.74 Å². The monoisotopic (exact) mass is 331 g/mol. The molecule has 0 aliphatic heterocycles. The Labute approximate surface area is 135 Å². The molecule has 0 radical (unpaired) electrons. The first kappa shape index (κ1) is 15.0. The SMILES string of the molecule is Cc1nc(-c2ncn[nH]2)sc1C(=O)OCCNc1ncccn1. The first-order valence-corrected chi connectivity index (χ1v) is 7.57. The van der Waals surface area contributed by atoms with Gasteiger partial charge in [0.25, 0.3) is 0 Å². The maximum Gasteiger partial charge on any atom is 0.350 e. The number of carbonyl (C=O) groups excluding carboxylic acids is 1. The zero-order valence-corrected chi connectivity index (χ0v) is 13.0. The van der Waals surface area contributed by atoms with Crippen molar-refractivity contribution in [1.82, 2.24) is 30.1 Å². The lowest BCUT2D eigenvalue weighted by atomic mass is 10.4. The van der Waals surface area contributed by atoms with Crippen molar-refractivity contribution in [3.63, 3.8) is 0 Å². The fourth-order valence-electron chi connectivity index (χ4n) is 1.76. The van der Waals surface area contributed by atoms with Gasteiger partial charge in [-0.15, -0.1) is 11.3 Å². The number of aromatic nitrogens is 6. The van der Waals surface area contributed by atoms with E-state index in [4.69, 9.17) is 4.74 Å². The second-order valence-electron chi connectivity index (χ2n) is 4.40. The third kappa shape index (κ3) is 3.66. The molecule has 0 aliphatic carbocycles. The third-order valence-corrected chi connectivity index (χ3v) is 3.93. The van der Waals surface area contributed by atoms with Gasteiger partial charge >= 0.3 is 5.97 Å². The highest BCUT2D eigenvalue weighted by Gasteiger charge is 2.18. The number of carbonyl (C=O) groups is 1. The number of hydrogen-bond acceptors (Lipinski definition) is 9. The summed E-state index contributed by atoms with van der Waals surface area (Å²) >= 11 is 1.22. The summed E-state index contributed by atoms with van der Waals surface area (Å²) in [4.78, 5) is 28.9. The van der Waals surface area contributed by atoms with Gasteiger partial charge in [-0.2, -0.15) is 5.10 Å². The molecular weight excluding hydrogens is 318 g/mol. The van der Waals surface area contributed by atoms with Crippen molar-refractivity contribution in [1.29, 1.82) is 0 Å². The van der Waals surface area contributed by atoms with Crippen molar-refractivity contribution < 1.29 is 9.53 Å². The number of nitrogens with zero attached hydrogens (tertiary/aromatic N) is 5. The van der Waals surface area contributed by atoms with Crippen LogP contribution in [0.3, 0.4) is 0 Å². The summed E-state index contributed by atoms with van der Waals surface area (Å²) < 4.78 is 5.23. The van der Waals surface area contributed by atoms with Crippen molar-refractivity contribution in [3.05, 3.63) is 35.4 Å². The number of nitrogens with one attached hydrogen (secondary N) is 2. The summed E-state index contributed by atoms with van der Waals surface area (Å²) in [5.41, 5.74) is 0.603. The van der Waals surface area contributed by atoms with Crippen molar-refractivity contribution in [3.8, 4) is 10.8 Å². The lowest BCUT2D eigenvalue weighted by Crippen LogP contribution is -2.14. The van der Waals surface area contributed by atoms with Gasteiger partial charge in [0.1, 0.15) is 17.8 Å². The molecule has 3 heterocycles. The minimum absolute atomic E-state index is 0.200. The Morgan fingerprint density at radius 2 is 2.17 bits per heavy atom. The normalized spacial score (nSPS) is 10.5.